The second-order valence-corrected chi connectivity index (χ2v) is 11.5. The Bertz CT molecular complexity index is 1730. The minimum Gasteiger partial charge on any atom is -0.453 e. The molecular weight excluding hydrogens is 558 g/mol. The number of rotatable bonds is 6. The van der Waals surface area contributed by atoms with Gasteiger partial charge < -0.3 is 35.2 Å². The van der Waals surface area contributed by atoms with Gasteiger partial charge in [0.05, 0.1) is 17.1 Å². The van der Waals surface area contributed by atoms with Gasteiger partial charge in [-0.2, -0.15) is 5.10 Å². The van der Waals surface area contributed by atoms with Crippen LogP contribution >= 0.6 is 0 Å². The van der Waals surface area contributed by atoms with Crippen LogP contribution in [0.1, 0.15) is 36.2 Å². The molecule has 3 aliphatic heterocycles. The van der Waals surface area contributed by atoms with Crippen molar-refractivity contribution in [3.05, 3.63) is 60.6 Å². The number of nitrogens with two attached hydrogens (primary N) is 1. The van der Waals surface area contributed by atoms with Gasteiger partial charge in [0.25, 0.3) is 5.91 Å². The molecule has 0 radical (unpaired) electrons. The predicted octanol–water partition coefficient (Wildman–Crippen LogP) is 3.98. The number of ether oxygens (including phenoxy) is 2. The topological polar surface area (TPSA) is 127 Å². The molecule has 0 spiro atoms. The highest BCUT2D eigenvalue weighted by atomic mass is 16.7. The molecule has 7 rings (SSSR count). The fourth-order valence-electron chi connectivity index (χ4n) is 6.35. The Morgan fingerprint density at radius 2 is 1.91 bits per heavy atom. The summed E-state index contributed by atoms with van der Waals surface area (Å²) in [5.74, 6) is 1.09. The molecule has 1 amide bonds. The fourth-order valence-corrected chi connectivity index (χ4v) is 6.35. The highest BCUT2D eigenvalue weighted by Crippen LogP contribution is 2.48. The first-order chi connectivity index (χ1) is 21.5. The first-order valence-electron chi connectivity index (χ1n) is 15.1. The zero-order chi connectivity index (χ0) is 30.2. The maximum atomic E-state index is 13.4. The number of aromatic nitrogens is 4. The number of carbonyl (C=O) groups excluding carboxylic acids is 1. The van der Waals surface area contributed by atoms with Crippen molar-refractivity contribution in [1.82, 2.24) is 29.5 Å². The normalized spacial score (nSPS) is 18.8. The lowest BCUT2D eigenvalue weighted by Gasteiger charge is -2.34. The summed E-state index contributed by atoms with van der Waals surface area (Å²) in [6.07, 6.45) is 7.68. The molecule has 2 aromatic carbocycles. The Balaban J connectivity index is 1.20. The molecule has 0 bridgehead atoms. The SMILES string of the molecule is CC=CN1CCC[C@@H](n2nc(-c3ccc(NC(=O)c4cccc(N5CCN(C)CC5)c4)c4c3OCO4)c3c(N)ncnc32)C1. The molecule has 3 aliphatic rings. The van der Waals surface area contributed by atoms with Crippen LogP contribution in [0, 0.1) is 0 Å². The van der Waals surface area contributed by atoms with Crippen molar-refractivity contribution in [2.75, 3.05) is 69.1 Å². The van der Waals surface area contributed by atoms with Gasteiger partial charge in [-0.05, 0) is 63.3 Å². The highest BCUT2D eigenvalue weighted by Gasteiger charge is 2.30. The van der Waals surface area contributed by atoms with Gasteiger partial charge in [0.2, 0.25) is 6.79 Å². The number of benzene rings is 2. The van der Waals surface area contributed by atoms with Crippen molar-refractivity contribution in [3.8, 4) is 22.8 Å². The number of carbonyl (C=O) groups is 1. The third kappa shape index (κ3) is 5.15. The zero-order valence-corrected chi connectivity index (χ0v) is 25.1. The Labute approximate surface area is 256 Å². The van der Waals surface area contributed by atoms with Crippen LogP contribution in [-0.4, -0.2) is 88.6 Å². The van der Waals surface area contributed by atoms with E-state index in [1.165, 1.54) is 6.33 Å². The molecule has 5 heterocycles. The van der Waals surface area contributed by atoms with E-state index in [-0.39, 0.29) is 18.7 Å². The van der Waals surface area contributed by atoms with Crippen LogP contribution in [0.5, 0.6) is 11.5 Å². The number of likely N-dealkylation sites (tertiary alicyclic amines) is 1. The van der Waals surface area contributed by atoms with E-state index in [9.17, 15) is 4.79 Å². The summed E-state index contributed by atoms with van der Waals surface area (Å²) in [6.45, 7) is 7.73. The first kappa shape index (κ1) is 28.0. The van der Waals surface area contributed by atoms with E-state index < -0.39 is 0 Å². The van der Waals surface area contributed by atoms with E-state index in [4.69, 9.17) is 20.3 Å². The van der Waals surface area contributed by atoms with Crippen LogP contribution in [0.15, 0.2) is 55.0 Å². The van der Waals surface area contributed by atoms with Crippen LogP contribution in [0.2, 0.25) is 0 Å². The van der Waals surface area contributed by atoms with Gasteiger partial charge in [-0.1, -0.05) is 12.1 Å². The van der Waals surface area contributed by atoms with E-state index in [1.807, 2.05) is 41.9 Å². The number of hydrogen-bond acceptors (Lipinski definition) is 10. The van der Waals surface area contributed by atoms with Crippen molar-refractivity contribution in [2.24, 2.45) is 0 Å². The standard InChI is InChI=1S/C32H37N9O3/c1-3-11-39-12-5-8-23(18-39)41-31-26(30(33)34-19-35-31)27(37-41)24-9-10-25(29-28(24)43-20-44-29)36-32(42)21-6-4-7-22(17-21)40-15-13-38(2)14-16-40/h3-4,6-7,9-11,17,19,23H,5,8,12-16,18,20H2,1-2H3,(H,36,42)(H2,33,34,35)/t23-/m1/s1. The molecule has 228 valence electrons. The predicted molar refractivity (Wildman–Crippen MR) is 170 cm³/mol. The number of hydrogen-bond donors (Lipinski definition) is 2. The number of likely N-dealkylation sites (N-methyl/N-ethyl adjacent to an activating group) is 1. The lowest BCUT2D eigenvalue weighted by atomic mass is 10.1. The quantitative estimate of drug-likeness (QED) is 0.338. The summed E-state index contributed by atoms with van der Waals surface area (Å²) in [7, 11) is 2.13. The van der Waals surface area contributed by atoms with Crippen molar-refractivity contribution in [1.29, 1.82) is 0 Å². The minimum atomic E-state index is -0.221. The Morgan fingerprint density at radius 3 is 2.75 bits per heavy atom. The molecule has 0 aliphatic carbocycles. The van der Waals surface area contributed by atoms with E-state index in [0.29, 0.717) is 50.9 Å². The van der Waals surface area contributed by atoms with Crippen molar-refractivity contribution in [3.63, 3.8) is 0 Å². The number of allylic oxidation sites excluding steroid dienone is 1. The third-order valence-corrected chi connectivity index (χ3v) is 8.65. The number of nitrogens with zero attached hydrogens (tertiary/aromatic N) is 7. The molecule has 0 unspecified atom stereocenters. The van der Waals surface area contributed by atoms with E-state index >= 15 is 0 Å². The average Bonchev–Trinajstić information content (AvgIpc) is 3.69. The molecule has 2 aromatic heterocycles. The number of piperidine rings is 1. The number of piperazine rings is 1. The molecule has 4 aromatic rings. The monoisotopic (exact) mass is 595 g/mol. The Hall–Kier alpha value is -4.84. The van der Waals surface area contributed by atoms with Gasteiger partial charge in [0.15, 0.2) is 17.1 Å². The maximum Gasteiger partial charge on any atom is 0.255 e. The fraction of sp³-hybridized carbons (Fsp3) is 0.375. The molecular formula is C32H37N9O3. The second-order valence-electron chi connectivity index (χ2n) is 11.5. The molecule has 3 N–H and O–H groups in total. The van der Waals surface area contributed by atoms with E-state index in [2.05, 4.69) is 55.4 Å². The average molecular weight is 596 g/mol. The summed E-state index contributed by atoms with van der Waals surface area (Å²) in [6, 6.07) is 11.6. The molecule has 2 saturated heterocycles. The van der Waals surface area contributed by atoms with E-state index in [1.54, 1.807) is 0 Å². The number of amides is 1. The minimum absolute atomic E-state index is 0.0274. The number of anilines is 3. The number of fused-ring (bicyclic) bond motifs is 2. The van der Waals surface area contributed by atoms with E-state index in [0.717, 1.165) is 57.8 Å². The van der Waals surface area contributed by atoms with Gasteiger partial charge in [-0.15, -0.1) is 0 Å². The van der Waals surface area contributed by atoms with Gasteiger partial charge in [-0.3, -0.25) is 4.79 Å². The summed E-state index contributed by atoms with van der Waals surface area (Å²) in [5, 5.41) is 8.78. The van der Waals surface area contributed by atoms with Crippen molar-refractivity contribution < 1.29 is 14.3 Å². The van der Waals surface area contributed by atoms with Gasteiger partial charge in [0, 0.05) is 56.1 Å². The molecule has 12 heteroatoms. The molecule has 0 saturated carbocycles. The highest BCUT2D eigenvalue weighted by molar-refractivity contribution is 6.07. The Morgan fingerprint density at radius 1 is 1.07 bits per heavy atom. The summed E-state index contributed by atoms with van der Waals surface area (Å²) >= 11 is 0. The number of nitrogen functional groups attached to an aromatic ring is 1. The van der Waals surface area contributed by atoms with Gasteiger partial charge in [0.1, 0.15) is 17.8 Å². The third-order valence-electron chi connectivity index (χ3n) is 8.65. The largest absolute Gasteiger partial charge is 0.453 e. The first-order valence-corrected chi connectivity index (χ1v) is 15.1. The molecule has 44 heavy (non-hydrogen) atoms. The van der Waals surface area contributed by atoms with Crippen molar-refractivity contribution >= 4 is 34.1 Å². The lowest BCUT2D eigenvalue weighted by molar-refractivity contribution is 0.102. The van der Waals surface area contributed by atoms with Crippen molar-refractivity contribution in [2.45, 2.75) is 25.8 Å². The molecule has 1 atom stereocenters. The van der Waals surface area contributed by atoms with Gasteiger partial charge in [-0.25, -0.2) is 14.6 Å². The summed E-state index contributed by atoms with van der Waals surface area (Å²) < 4.78 is 13.9. The van der Waals surface area contributed by atoms with Crippen LogP contribution < -0.4 is 25.4 Å². The zero-order valence-electron chi connectivity index (χ0n) is 25.1. The Kier molecular flexibility index (Phi) is 7.42. The second kappa shape index (κ2) is 11.7. The maximum absolute atomic E-state index is 13.4. The molecule has 12 nitrogen and oxygen atoms in total. The summed E-state index contributed by atoms with van der Waals surface area (Å²) in [5.41, 5.74) is 10.6. The smallest absolute Gasteiger partial charge is 0.255 e. The van der Waals surface area contributed by atoms with Crippen LogP contribution in [0.3, 0.4) is 0 Å². The summed E-state index contributed by atoms with van der Waals surface area (Å²) in [4.78, 5) is 29.2. The number of nitrogens with one attached hydrogen (secondary N) is 1. The van der Waals surface area contributed by atoms with Crippen LogP contribution in [-0.2, 0) is 0 Å². The molecule has 2 fully saturated rings. The van der Waals surface area contributed by atoms with Crippen LogP contribution in [0.25, 0.3) is 22.3 Å². The lowest BCUT2D eigenvalue weighted by Crippen LogP contribution is -2.44. The van der Waals surface area contributed by atoms with Crippen LogP contribution in [0.4, 0.5) is 17.2 Å². The van der Waals surface area contributed by atoms with Gasteiger partial charge >= 0.3 is 0 Å².